The number of amides is 2. The molecule has 1 unspecified atom stereocenters. The van der Waals surface area contributed by atoms with Crippen molar-refractivity contribution in [3.05, 3.63) is 93.0 Å². The summed E-state index contributed by atoms with van der Waals surface area (Å²) < 4.78 is 29.4. The zero-order valence-corrected chi connectivity index (χ0v) is 24.3. The summed E-state index contributed by atoms with van der Waals surface area (Å²) >= 11 is 8.15. The summed E-state index contributed by atoms with van der Waals surface area (Å²) in [6.07, 6.45) is 0.749. The van der Waals surface area contributed by atoms with Crippen molar-refractivity contribution in [1.82, 2.24) is 10.2 Å². The Labute approximate surface area is 237 Å². The molecule has 0 radical (unpaired) electrons. The molecule has 1 atom stereocenters. The summed E-state index contributed by atoms with van der Waals surface area (Å²) in [6, 6.07) is 21.0. The molecule has 3 rings (SSSR count). The lowest BCUT2D eigenvalue weighted by atomic mass is 10.1. The van der Waals surface area contributed by atoms with Gasteiger partial charge in [-0.2, -0.15) is 0 Å². The van der Waals surface area contributed by atoms with Crippen LogP contribution in [0.3, 0.4) is 0 Å². The minimum absolute atomic E-state index is 0.0688. The number of sulfonamides is 1. The number of benzene rings is 3. The molecule has 1 N–H and O–H groups in total. The van der Waals surface area contributed by atoms with Crippen molar-refractivity contribution < 1.29 is 18.0 Å². The number of carbonyl (C=O) groups is 2. The maximum atomic E-state index is 13.8. The van der Waals surface area contributed by atoms with Crippen LogP contribution >= 0.6 is 34.2 Å². The van der Waals surface area contributed by atoms with Gasteiger partial charge >= 0.3 is 0 Å². The molecule has 7 nitrogen and oxygen atoms in total. The number of hydrogen-bond donors (Lipinski definition) is 1. The van der Waals surface area contributed by atoms with E-state index in [0.717, 1.165) is 19.9 Å². The van der Waals surface area contributed by atoms with Crippen LogP contribution in [-0.2, 0) is 26.2 Å². The van der Waals surface area contributed by atoms with Gasteiger partial charge in [0.05, 0.1) is 10.6 Å². The fourth-order valence-corrected chi connectivity index (χ4v) is 5.54. The second-order valence-electron chi connectivity index (χ2n) is 8.42. The van der Waals surface area contributed by atoms with Crippen molar-refractivity contribution in [2.24, 2.45) is 0 Å². The van der Waals surface area contributed by atoms with Crippen molar-refractivity contribution in [2.45, 2.75) is 37.8 Å². The fraction of sp³-hybridized carbons (Fsp3) is 0.259. The van der Waals surface area contributed by atoms with Crippen molar-refractivity contribution >= 4 is 61.7 Å². The highest BCUT2D eigenvalue weighted by Crippen LogP contribution is 2.25. The number of hydrogen-bond acceptors (Lipinski definition) is 4. The van der Waals surface area contributed by atoms with Gasteiger partial charge < -0.3 is 10.2 Å². The summed E-state index contributed by atoms with van der Waals surface area (Å²) in [7, 11) is -4.07. The lowest BCUT2D eigenvalue weighted by Gasteiger charge is -2.32. The van der Waals surface area contributed by atoms with Crippen LogP contribution in [0.2, 0.25) is 5.02 Å². The fourth-order valence-electron chi connectivity index (χ4n) is 3.62. The van der Waals surface area contributed by atoms with E-state index in [1.165, 1.54) is 17.0 Å². The third-order valence-corrected chi connectivity index (χ3v) is 8.47. The molecule has 0 bridgehead atoms. The molecule has 0 heterocycles. The first-order valence-electron chi connectivity index (χ1n) is 11.8. The topological polar surface area (TPSA) is 86.8 Å². The minimum Gasteiger partial charge on any atom is -0.354 e. The highest BCUT2D eigenvalue weighted by atomic mass is 127. The van der Waals surface area contributed by atoms with Gasteiger partial charge in [0, 0.05) is 21.7 Å². The second-order valence-corrected chi connectivity index (χ2v) is 12.0. The highest BCUT2D eigenvalue weighted by Gasteiger charge is 2.32. The average molecular weight is 654 g/mol. The molecule has 0 aromatic heterocycles. The first kappa shape index (κ1) is 28.9. The predicted octanol–water partition coefficient (Wildman–Crippen LogP) is 5.08. The Morgan fingerprint density at radius 3 is 2.19 bits per heavy atom. The molecule has 3 aromatic carbocycles. The Hall–Kier alpha value is -2.63. The molecule has 0 saturated heterocycles. The van der Waals surface area contributed by atoms with Crippen LogP contribution in [0.4, 0.5) is 5.69 Å². The summed E-state index contributed by atoms with van der Waals surface area (Å²) in [5, 5.41) is 3.37. The van der Waals surface area contributed by atoms with E-state index in [4.69, 9.17) is 11.6 Å². The smallest absolute Gasteiger partial charge is 0.264 e. The van der Waals surface area contributed by atoms with E-state index in [1.54, 1.807) is 73.7 Å². The van der Waals surface area contributed by atoms with Crippen LogP contribution in [0, 0.1) is 3.57 Å². The van der Waals surface area contributed by atoms with Gasteiger partial charge in [0.1, 0.15) is 12.6 Å². The van der Waals surface area contributed by atoms with Gasteiger partial charge in [0.15, 0.2) is 0 Å². The van der Waals surface area contributed by atoms with Crippen molar-refractivity contribution in [2.75, 3.05) is 17.4 Å². The van der Waals surface area contributed by atoms with Gasteiger partial charge in [-0.25, -0.2) is 8.42 Å². The lowest BCUT2D eigenvalue weighted by molar-refractivity contribution is -0.139. The van der Waals surface area contributed by atoms with Gasteiger partial charge in [-0.05, 0) is 90.0 Å². The summed E-state index contributed by atoms with van der Waals surface area (Å²) in [5.74, 6) is -0.817. The summed E-state index contributed by atoms with van der Waals surface area (Å²) in [5.41, 5.74) is 1.12. The van der Waals surface area contributed by atoms with Gasteiger partial charge in [0.25, 0.3) is 10.0 Å². The summed E-state index contributed by atoms with van der Waals surface area (Å²) in [4.78, 5) is 28.1. The number of rotatable bonds is 11. The molecule has 0 aliphatic heterocycles. The van der Waals surface area contributed by atoms with Crippen LogP contribution < -0.4 is 9.62 Å². The average Bonchev–Trinajstić information content (AvgIpc) is 2.90. The number of anilines is 1. The Morgan fingerprint density at radius 2 is 1.59 bits per heavy atom. The van der Waals surface area contributed by atoms with Gasteiger partial charge in [0.2, 0.25) is 11.8 Å². The van der Waals surface area contributed by atoms with E-state index < -0.39 is 28.5 Å². The number of halogens is 2. The van der Waals surface area contributed by atoms with E-state index in [1.807, 2.05) is 6.92 Å². The minimum atomic E-state index is -4.07. The van der Waals surface area contributed by atoms with Crippen molar-refractivity contribution in [1.29, 1.82) is 0 Å². The van der Waals surface area contributed by atoms with Crippen LogP contribution in [0.15, 0.2) is 83.8 Å². The molecule has 3 aromatic rings. The van der Waals surface area contributed by atoms with E-state index in [2.05, 4.69) is 27.9 Å². The summed E-state index contributed by atoms with van der Waals surface area (Å²) in [6.45, 7) is 3.69. The number of nitrogens with zero attached hydrogens (tertiary/aromatic N) is 2. The zero-order chi connectivity index (χ0) is 27.0. The molecule has 0 aliphatic rings. The Morgan fingerprint density at radius 1 is 0.973 bits per heavy atom. The van der Waals surface area contributed by atoms with Crippen LogP contribution in [-0.4, -0.2) is 44.3 Å². The quantitative estimate of drug-likeness (QED) is 0.293. The zero-order valence-electron chi connectivity index (χ0n) is 20.6. The molecule has 196 valence electrons. The Bertz CT molecular complexity index is 1300. The molecule has 0 spiro atoms. The second kappa shape index (κ2) is 13.3. The molecular formula is C27H29ClIN3O4S. The first-order valence-corrected chi connectivity index (χ1v) is 14.7. The molecule has 0 aliphatic carbocycles. The SMILES string of the molecule is CCCNC(=O)C(C)N(Cc1ccc(Cl)cc1)C(=O)CN(c1ccc(I)cc1)S(=O)(=O)c1ccccc1. The monoisotopic (exact) mass is 653 g/mol. The van der Waals surface area contributed by atoms with Crippen molar-refractivity contribution in [3.63, 3.8) is 0 Å². The largest absolute Gasteiger partial charge is 0.354 e. The number of carbonyl (C=O) groups excluding carboxylic acids is 2. The van der Waals surface area contributed by atoms with E-state index in [0.29, 0.717) is 17.3 Å². The standard InChI is InChI=1S/C27H29ClIN3O4S/c1-3-17-30-27(34)20(2)31(18-21-9-11-22(28)12-10-21)26(33)19-32(24-15-13-23(29)14-16-24)37(35,36)25-7-5-4-6-8-25/h4-16,20H,3,17-19H2,1-2H3,(H,30,34). The van der Waals surface area contributed by atoms with Crippen molar-refractivity contribution in [3.8, 4) is 0 Å². The maximum absolute atomic E-state index is 13.8. The normalized spacial score (nSPS) is 12.0. The predicted molar refractivity (Wildman–Crippen MR) is 155 cm³/mol. The molecule has 10 heteroatoms. The molecule has 0 fully saturated rings. The van der Waals surface area contributed by atoms with Crippen LogP contribution in [0.25, 0.3) is 0 Å². The molecular weight excluding hydrogens is 625 g/mol. The third-order valence-electron chi connectivity index (χ3n) is 5.71. The Balaban J connectivity index is 1.99. The Kier molecular flexibility index (Phi) is 10.4. The third kappa shape index (κ3) is 7.68. The van der Waals surface area contributed by atoms with E-state index in [-0.39, 0.29) is 17.3 Å². The molecule has 2 amide bonds. The molecule has 0 saturated carbocycles. The van der Waals surface area contributed by atoms with Gasteiger partial charge in [-0.1, -0.05) is 48.9 Å². The van der Waals surface area contributed by atoms with Crippen LogP contribution in [0.5, 0.6) is 0 Å². The van der Waals surface area contributed by atoms with Gasteiger partial charge in [-0.15, -0.1) is 0 Å². The lowest BCUT2D eigenvalue weighted by Crippen LogP contribution is -2.51. The highest BCUT2D eigenvalue weighted by molar-refractivity contribution is 14.1. The number of nitrogens with one attached hydrogen (secondary N) is 1. The maximum Gasteiger partial charge on any atom is 0.264 e. The van der Waals surface area contributed by atoms with Gasteiger partial charge in [-0.3, -0.25) is 13.9 Å². The van der Waals surface area contributed by atoms with E-state index in [9.17, 15) is 18.0 Å². The van der Waals surface area contributed by atoms with Crippen LogP contribution in [0.1, 0.15) is 25.8 Å². The van der Waals surface area contributed by atoms with E-state index >= 15 is 0 Å². The first-order chi connectivity index (χ1) is 17.6. The molecule has 37 heavy (non-hydrogen) atoms.